The summed E-state index contributed by atoms with van der Waals surface area (Å²) >= 11 is 0. The van der Waals surface area contributed by atoms with Crippen LogP contribution in [0.4, 0.5) is 0 Å². The van der Waals surface area contributed by atoms with E-state index in [-0.39, 0.29) is 5.97 Å². The highest BCUT2D eigenvalue weighted by Crippen LogP contribution is 2.08. The second kappa shape index (κ2) is 6.02. The normalized spacial score (nSPS) is 9.50. The molecule has 0 spiro atoms. The SMILES string of the molecule is CC(=O)O[CH]CCOc1ccccc1. The molecule has 0 aliphatic heterocycles. The number of hydrogen-bond acceptors (Lipinski definition) is 3. The van der Waals surface area contributed by atoms with Gasteiger partial charge < -0.3 is 9.47 Å². The molecule has 1 radical (unpaired) electrons. The lowest BCUT2D eigenvalue weighted by Gasteiger charge is -2.04. The highest BCUT2D eigenvalue weighted by atomic mass is 16.5. The van der Waals surface area contributed by atoms with Gasteiger partial charge in [0.2, 0.25) is 0 Å². The topological polar surface area (TPSA) is 35.5 Å². The molecule has 0 aliphatic rings. The monoisotopic (exact) mass is 193 g/mol. The molecule has 1 rings (SSSR count). The van der Waals surface area contributed by atoms with Crippen LogP contribution in [0.5, 0.6) is 5.75 Å². The molecule has 0 unspecified atom stereocenters. The average Bonchev–Trinajstić information content (AvgIpc) is 2.18. The summed E-state index contributed by atoms with van der Waals surface area (Å²) in [6, 6.07) is 9.51. The fourth-order valence-corrected chi connectivity index (χ4v) is 0.918. The van der Waals surface area contributed by atoms with Crippen molar-refractivity contribution in [3.05, 3.63) is 36.9 Å². The fourth-order valence-electron chi connectivity index (χ4n) is 0.918. The molecule has 75 valence electrons. The molecular formula is C11H13O3. The lowest BCUT2D eigenvalue weighted by atomic mass is 10.3. The summed E-state index contributed by atoms with van der Waals surface area (Å²) in [6.45, 7) is 3.33. The van der Waals surface area contributed by atoms with E-state index >= 15 is 0 Å². The van der Waals surface area contributed by atoms with Crippen molar-refractivity contribution in [3.8, 4) is 5.75 Å². The number of para-hydroxylation sites is 1. The Morgan fingerprint density at radius 3 is 2.71 bits per heavy atom. The highest BCUT2D eigenvalue weighted by Gasteiger charge is 1.95. The van der Waals surface area contributed by atoms with E-state index in [2.05, 4.69) is 4.74 Å². The lowest BCUT2D eigenvalue weighted by molar-refractivity contribution is -0.137. The molecular weight excluding hydrogens is 180 g/mol. The van der Waals surface area contributed by atoms with Gasteiger partial charge in [0.05, 0.1) is 6.61 Å². The Morgan fingerprint density at radius 2 is 2.07 bits per heavy atom. The van der Waals surface area contributed by atoms with Gasteiger partial charge in [-0.25, -0.2) is 0 Å². The quantitative estimate of drug-likeness (QED) is 0.531. The van der Waals surface area contributed by atoms with Gasteiger partial charge in [-0.3, -0.25) is 4.79 Å². The van der Waals surface area contributed by atoms with Crippen molar-refractivity contribution in [1.82, 2.24) is 0 Å². The van der Waals surface area contributed by atoms with Crippen LogP contribution in [-0.2, 0) is 9.53 Å². The molecule has 0 fully saturated rings. The first-order chi connectivity index (χ1) is 6.79. The van der Waals surface area contributed by atoms with Crippen molar-refractivity contribution in [2.45, 2.75) is 13.3 Å². The summed E-state index contributed by atoms with van der Waals surface area (Å²) < 4.78 is 10.0. The Hall–Kier alpha value is -1.51. The van der Waals surface area contributed by atoms with Crippen LogP contribution < -0.4 is 4.74 Å². The minimum atomic E-state index is -0.301. The number of benzene rings is 1. The Kier molecular flexibility index (Phi) is 4.55. The molecule has 1 aromatic rings. The van der Waals surface area contributed by atoms with Gasteiger partial charge in [-0.15, -0.1) is 0 Å². The van der Waals surface area contributed by atoms with Gasteiger partial charge in [0.1, 0.15) is 12.4 Å². The number of carbonyl (C=O) groups is 1. The van der Waals surface area contributed by atoms with Crippen LogP contribution in [0.15, 0.2) is 30.3 Å². The van der Waals surface area contributed by atoms with Crippen molar-refractivity contribution < 1.29 is 14.3 Å². The van der Waals surface area contributed by atoms with Gasteiger partial charge in [-0.2, -0.15) is 0 Å². The summed E-state index contributed by atoms with van der Waals surface area (Å²) in [7, 11) is 0. The Bertz CT molecular complexity index is 269. The smallest absolute Gasteiger partial charge is 0.303 e. The van der Waals surface area contributed by atoms with Gasteiger partial charge in [-0.05, 0) is 12.1 Å². The zero-order valence-corrected chi connectivity index (χ0v) is 8.10. The first-order valence-corrected chi connectivity index (χ1v) is 4.46. The van der Waals surface area contributed by atoms with Crippen molar-refractivity contribution in [3.63, 3.8) is 0 Å². The second-order valence-electron chi connectivity index (χ2n) is 2.73. The molecule has 0 saturated heterocycles. The maximum Gasteiger partial charge on any atom is 0.303 e. The van der Waals surface area contributed by atoms with Crippen molar-refractivity contribution in [2.75, 3.05) is 6.61 Å². The number of hydrogen-bond donors (Lipinski definition) is 0. The van der Waals surface area contributed by atoms with Crippen molar-refractivity contribution in [2.24, 2.45) is 0 Å². The van der Waals surface area contributed by atoms with Gasteiger partial charge in [0, 0.05) is 13.3 Å². The molecule has 14 heavy (non-hydrogen) atoms. The molecule has 0 saturated carbocycles. The molecule has 0 atom stereocenters. The highest BCUT2D eigenvalue weighted by molar-refractivity contribution is 5.66. The van der Waals surface area contributed by atoms with E-state index in [1.807, 2.05) is 30.3 Å². The van der Waals surface area contributed by atoms with E-state index in [1.54, 1.807) is 0 Å². The summed E-state index contributed by atoms with van der Waals surface area (Å²) in [5, 5.41) is 0. The summed E-state index contributed by atoms with van der Waals surface area (Å²) in [6.07, 6.45) is 0.592. The minimum absolute atomic E-state index is 0.301. The first-order valence-electron chi connectivity index (χ1n) is 4.46. The summed E-state index contributed by atoms with van der Waals surface area (Å²) in [5.41, 5.74) is 0. The van der Waals surface area contributed by atoms with Crippen LogP contribution in [0.1, 0.15) is 13.3 Å². The van der Waals surface area contributed by atoms with Crippen molar-refractivity contribution in [1.29, 1.82) is 0 Å². The van der Waals surface area contributed by atoms with E-state index in [1.165, 1.54) is 13.5 Å². The molecule has 3 nitrogen and oxygen atoms in total. The van der Waals surface area contributed by atoms with E-state index < -0.39 is 0 Å². The third-order valence-corrected chi connectivity index (χ3v) is 1.50. The number of carbonyl (C=O) groups excluding carboxylic acids is 1. The second-order valence-corrected chi connectivity index (χ2v) is 2.73. The van der Waals surface area contributed by atoms with E-state index in [0.717, 1.165) is 5.75 Å². The predicted octanol–water partition coefficient (Wildman–Crippen LogP) is 2.18. The zero-order valence-electron chi connectivity index (χ0n) is 8.10. The molecule has 3 heteroatoms. The maximum absolute atomic E-state index is 10.4. The first kappa shape index (κ1) is 10.6. The van der Waals surface area contributed by atoms with Crippen LogP contribution in [0.2, 0.25) is 0 Å². The number of esters is 1. The molecule has 0 aliphatic carbocycles. The third-order valence-electron chi connectivity index (χ3n) is 1.50. The van der Waals surface area contributed by atoms with Crippen LogP contribution in [-0.4, -0.2) is 12.6 Å². The zero-order chi connectivity index (χ0) is 10.2. The van der Waals surface area contributed by atoms with Gasteiger partial charge in [0.15, 0.2) is 0 Å². The van der Waals surface area contributed by atoms with E-state index in [0.29, 0.717) is 13.0 Å². The standard InChI is InChI=1S/C11H13O3/c1-10(12)13-8-5-9-14-11-6-3-2-4-7-11/h2-4,6-8H,5,9H2,1H3. The van der Waals surface area contributed by atoms with Crippen LogP contribution in [0.3, 0.4) is 0 Å². The maximum atomic E-state index is 10.4. The largest absolute Gasteiger partial charge is 0.493 e. The Morgan fingerprint density at radius 1 is 1.36 bits per heavy atom. The third kappa shape index (κ3) is 4.50. The number of ether oxygens (including phenoxy) is 2. The molecule has 0 heterocycles. The number of rotatable bonds is 5. The molecule has 1 aromatic carbocycles. The summed E-state index contributed by atoms with van der Waals surface area (Å²) in [5.74, 6) is 0.522. The van der Waals surface area contributed by atoms with Gasteiger partial charge in [0.25, 0.3) is 0 Å². The summed E-state index contributed by atoms with van der Waals surface area (Å²) in [4.78, 5) is 10.4. The molecule has 0 bridgehead atoms. The van der Waals surface area contributed by atoms with E-state index in [9.17, 15) is 4.79 Å². The molecule has 0 aromatic heterocycles. The Balaban J connectivity index is 2.08. The molecule has 0 N–H and O–H groups in total. The average molecular weight is 193 g/mol. The Labute approximate surface area is 83.6 Å². The van der Waals surface area contributed by atoms with Gasteiger partial charge >= 0.3 is 5.97 Å². The van der Waals surface area contributed by atoms with Crippen LogP contribution in [0, 0.1) is 6.61 Å². The molecule has 0 amide bonds. The van der Waals surface area contributed by atoms with E-state index in [4.69, 9.17) is 4.74 Å². The van der Waals surface area contributed by atoms with Crippen LogP contribution >= 0.6 is 0 Å². The lowest BCUT2D eigenvalue weighted by Crippen LogP contribution is -2.01. The fraction of sp³-hybridized carbons (Fsp3) is 0.273. The van der Waals surface area contributed by atoms with Gasteiger partial charge in [-0.1, -0.05) is 18.2 Å². The van der Waals surface area contributed by atoms with Crippen LogP contribution in [0.25, 0.3) is 0 Å². The minimum Gasteiger partial charge on any atom is -0.493 e. The van der Waals surface area contributed by atoms with Crippen molar-refractivity contribution >= 4 is 5.97 Å². The predicted molar refractivity (Wildman–Crippen MR) is 52.6 cm³/mol.